The molecule has 0 aromatic carbocycles. The summed E-state index contributed by atoms with van der Waals surface area (Å²) in [4.78, 5) is 0. The fourth-order valence-electron chi connectivity index (χ4n) is 1.15. The molecule has 0 heterocycles. The molecule has 0 aliphatic heterocycles. The summed E-state index contributed by atoms with van der Waals surface area (Å²) >= 11 is 0. The van der Waals surface area contributed by atoms with E-state index in [1.807, 2.05) is 27.7 Å². The van der Waals surface area contributed by atoms with Crippen LogP contribution in [0.5, 0.6) is 0 Å². The summed E-state index contributed by atoms with van der Waals surface area (Å²) in [5, 5.41) is 2.96. The summed E-state index contributed by atoms with van der Waals surface area (Å²) < 4.78 is 21.7. The number of ether oxygens (including phenoxy) is 4. The highest BCUT2D eigenvalue weighted by molar-refractivity contribution is 4.55. The molecule has 0 aromatic rings. The van der Waals surface area contributed by atoms with E-state index < -0.39 is 6.10 Å². The average Bonchev–Trinajstić information content (AvgIpc) is 2.23. The quantitative estimate of drug-likeness (QED) is 0.584. The molecule has 0 amide bonds. The van der Waals surface area contributed by atoms with Crippen LogP contribution in [0.15, 0.2) is 0 Å². The molecule has 1 N–H and O–H groups in total. The van der Waals surface area contributed by atoms with Crippen molar-refractivity contribution in [3.8, 4) is 0 Å². The second-order valence-electron chi connectivity index (χ2n) is 3.61. The molecular formula is C11H25NO4. The van der Waals surface area contributed by atoms with Crippen LogP contribution in [0.1, 0.15) is 34.1 Å². The van der Waals surface area contributed by atoms with Gasteiger partial charge in [-0.25, -0.2) is 5.32 Å². The minimum Gasteiger partial charge on any atom is -0.369 e. The third kappa shape index (κ3) is 6.40. The van der Waals surface area contributed by atoms with E-state index >= 15 is 0 Å². The molecule has 0 aliphatic rings. The van der Waals surface area contributed by atoms with Gasteiger partial charge in [0.05, 0.1) is 19.3 Å². The van der Waals surface area contributed by atoms with E-state index in [0.717, 1.165) is 6.42 Å². The predicted octanol–water partition coefficient (Wildman–Crippen LogP) is 1.68. The van der Waals surface area contributed by atoms with Crippen LogP contribution in [0.3, 0.4) is 0 Å². The molecule has 0 rings (SSSR count). The van der Waals surface area contributed by atoms with Crippen molar-refractivity contribution in [1.82, 2.24) is 5.32 Å². The molecule has 1 atom stereocenters. The van der Waals surface area contributed by atoms with E-state index in [2.05, 4.69) is 5.32 Å². The van der Waals surface area contributed by atoms with Gasteiger partial charge in [0.2, 0.25) is 0 Å². The van der Waals surface area contributed by atoms with Gasteiger partial charge in [-0.15, -0.1) is 0 Å². The highest BCUT2D eigenvalue weighted by Crippen LogP contribution is 2.15. The summed E-state index contributed by atoms with van der Waals surface area (Å²) in [6, 6.07) is 0. The van der Waals surface area contributed by atoms with Gasteiger partial charge in [0.15, 0.2) is 0 Å². The van der Waals surface area contributed by atoms with E-state index in [0.29, 0.717) is 19.9 Å². The standard InChI is InChI=1S/C11H25NO4/c1-6-8-15-11(14-7-2,12-9-13-5)16-10(3)4/h10,12H,6-9H2,1-5H3. The van der Waals surface area contributed by atoms with Crippen LogP contribution in [0.25, 0.3) is 0 Å². The Bertz CT molecular complexity index is 156. The lowest BCUT2D eigenvalue weighted by Gasteiger charge is -2.34. The number of rotatable bonds is 10. The Kier molecular flexibility index (Phi) is 8.78. The van der Waals surface area contributed by atoms with Crippen LogP contribution in [-0.4, -0.2) is 39.3 Å². The molecule has 0 saturated carbocycles. The maximum atomic E-state index is 5.65. The van der Waals surface area contributed by atoms with Gasteiger partial charge in [-0.1, -0.05) is 6.92 Å². The van der Waals surface area contributed by atoms with Crippen LogP contribution < -0.4 is 5.32 Å². The smallest absolute Gasteiger partial charge is 0.352 e. The minimum atomic E-state index is -1.20. The molecule has 0 saturated heterocycles. The topological polar surface area (TPSA) is 49.0 Å². The lowest BCUT2D eigenvalue weighted by atomic mass is 10.5. The summed E-state index contributed by atoms with van der Waals surface area (Å²) in [6.07, 6.45) is -0.312. The van der Waals surface area contributed by atoms with Gasteiger partial charge >= 0.3 is 6.10 Å². The van der Waals surface area contributed by atoms with Gasteiger partial charge in [0, 0.05) is 7.11 Å². The molecule has 0 spiro atoms. The van der Waals surface area contributed by atoms with Crippen LogP contribution in [0.4, 0.5) is 0 Å². The Morgan fingerprint density at radius 1 is 1.19 bits per heavy atom. The molecule has 0 fully saturated rings. The Morgan fingerprint density at radius 2 is 1.88 bits per heavy atom. The zero-order valence-electron chi connectivity index (χ0n) is 11.0. The number of hydrogen-bond acceptors (Lipinski definition) is 5. The van der Waals surface area contributed by atoms with Gasteiger partial charge in [-0.3, -0.25) is 0 Å². The molecule has 0 radical (unpaired) electrons. The van der Waals surface area contributed by atoms with Crippen molar-refractivity contribution >= 4 is 0 Å². The summed E-state index contributed by atoms with van der Waals surface area (Å²) in [6.45, 7) is 9.13. The van der Waals surface area contributed by atoms with Crippen molar-refractivity contribution in [2.45, 2.75) is 46.3 Å². The molecule has 0 bridgehead atoms. The summed E-state index contributed by atoms with van der Waals surface area (Å²) in [5.74, 6) is 0. The van der Waals surface area contributed by atoms with Crippen molar-refractivity contribution < 1.29 is 18.9 Å². The molecular weight excluding hydrogens is 210 g/mol. The van der Waals surface area contributed by atoms with Crippen molar-refractivity contribution in [3.63, 3.8) is 0 Å². The van der Waals surface area contributed by atoms with E-state index in [1.165, 1.54) is 0 Å². The summed E-state index contributed by atoms with van der Waals surface area (Å²) in [7, 11) is 1.60. The zero-order chi connectivity index (χ0) is 12.4. The van der Waals surface area contributed by atoms with Gasteiger partial charge < -0.3 is 18.9 Å². The first kappa shape index (κ1) is 15.8. The number of hydrogen-bond donors (Lipinski definition) is 1. The Hall–Kier alpha value is -0.200. The molecule has 0 aromatic heterocycles. The third-order valence-electron chi connectivity index (χ3n) is 1.65. The van der Waals surface area contributed by atoms with Crippen LogP contribution in [-0.2, 0) is 18.9 Å². The Balaban J connectivity index is 4.45. The molecule has 5 nitrogen and oxygen atoms in total. The first-order valence-electron chi connectivity index (χ1n) is 5.79. The number of methoxy groups -OCH3 is 1. The monoisotopic (exact) mass is 235 g/mol. The second-order valence-corrected chi connectivity index (χ2v) is 3.61. The lowest BCUT2D eigenvalue weighted by molar-refractivity contribution is -0.409. The van der Waals surface area contributed by atoms with Crippen molar-refractivity contribution in [2.75, 3.05) is 27.1 Å². The van der Waals surface area contributed by atoms with E-state index in [1.54, 1.807) is 7.11 Å². The van der Waals surface area contributed by atoms with Gasteiger partial charge in [0.25, 0.3) is 0 Å². The van der Waals surface area contributed by atoms with Crippen LogP contribution >= 0.6 is 0 Å². The van der Waals surface area contributed by atoms with E-state index in [-0.39, 0.29) is 6.10 Å². The summed E-state index contributed by atoms with van der Waals surface area (Å²) in [5.41, 5.74) is 0. The lowest BCUT2D eigenvalue weighted by Crippen LogP contribution is -2.54. The largest absolute Gasteiger partial charge is 0.369 e. The highest BCUT2D eigenvalue weighted by Gasteiger charge is 2.34. The van der Waals surface area contributed by atoms with E-state index in [9.17, 15) is 0 Å². The Labute approximate surface area is 98.4 Å². The Morgan fingerprint density at radius 3 is 2.31 bits per heavy atom. The van der Waals surface area contributed by atoms with Gasteiger partial charge in [-0.05, 0) is 27.2 Å². The van der Waals surface area contributed by atoms with Gasteiger partial charge in [-0.2, -0.15) is 0 Å². The predicted molar refractivity (Wildman–Crippen MR) is 61.8 cm³/mol. The second kappa shape index (κ2) is 8.90. The van der Waals surface area contributed by atoms with Crippen LogP contribution in [0, 0.1) is 0 Å². The third-order valence-corrected chi connectivity index (χ3v) is 1.65. The molecule has 0 aliphatic carbocycles. The SMILES string of the molecule is CCCOC(NCOC)(OCC)OC(C)C. The van der Waals surface area contributed by atoms with Crippen molar-refractivity contribution in [2.24, 2.45) is 0 Å². The fraction of sp³-hybridized carbons (Fsp3) is 1.00. The molecule has 98 valence electrons. The normalized spacial score (nSPS) is 15.4. The first-order valence-corrected chi connectivity index (χ1v) is 5.79. The van der Waals surface area contributed by atoms with Crippen molar-refractivity contribution in [3.05, 3.63) is 0 Å². The first-order chi connectivity index (χ1) is 7.60. The molecule has 5 heteroatoms. The highest BCUT2D eigenvalue weighted by atomic mass is 16.9. The molecule has 16 heavy (non-hydrogen) atoms. The fourth-order valence-corrected chi connectivity index (χ4v) is 1.15. The number of nitrogens with one attached hydrogen (secondary N) is 1. The minimum absolute atomic E-state index is 0.00670. The maximum absolute atomic E-state index is 5.65. The van der Waals surface area contributed by atoms with Crippen LogP contribution in [0.2, 0.25) is 0 Å². The van der Waals surface area contributed by atoms with E-state index in [4.69, 9.17) is 18.9 Å². The maximum Gasteiger partial charge on any atom is 0.352 e. The average molecular weight is 235 g/mol. The zero-order valence-corrected chi connectivity index (χ0v) is 11.0. The van der Waals surface area contributed by atoms with Crippen molar-refractivity contribution in [1.29, 1.82) is 0 Å². The molecule has 1 unspecified atom stereocenters. The van der Waals surface area contributed by atoms with Gasteiger partial charge in [0.1, 0.15) is 6.73 Å².